The average Bonchev–Trinajstić information content (AvgIpc) is 2.71. The molecular formula is C18H35NO. The highest BCUT2D eigenvalue weighted by Gasteiger charge is 2.62. The molecule has 0 aromatic heterocycles. The van der Waals surface area contributed by atoms with Crippen LogP contribution in [-0.2, 0) is 4.74 Å². The molecule has 0 saturated heterocycles. The highest BCUT2D eigenvalue weighted by Crippen LogP contribution is 2.66. The van der Waals surface area contributed by atoms with Gasteiger partial charge in [0.15, 0.2) is 0 Å². The first-order valence-corrected chi connectivity index (χ1v) is 8.78. The number of rotatable bonds is 8. The predicted molar refractivity (Wildman–Crippen MR) is 86.0 cm³/mol. The van der Waals surface area contributed by atoms with Gasteiger partial charge >= 0.3 is 0 Å². The van der Waals surface area contributed by atoms with Crippen LogP contribution >= 0.6 is 0 Å². The lowest BCUT2D eigenvalue weighted by molar-refractivity contribution is -0.0790. The van der Waals surface area contributed by atoms with Crippen LogP contribution in [0.1, 0.15) is 73.1 Å². The Hall–Kier alpha value is -0.0800. The van der Waals surface area contributed by atoms with E-state index in [1.54, 1.807) is 0 Å². The second-order valence-corrected chi connectivity index (χ2v) is 7.96. The summed E-state index contributed by atoms with van der Waals surface area (Å²) in [5, 5.41) is 3.55. The highest BCUT2D eigenvalue weighted by atomic mass is 16.5. The Bertz CT molecular complexity index is 315. The summed E-state index contributed by atoms with van der Waals surface area (Å²) in [6.45, 7) is 14.0. The molecule has 2 rings (SSSR count). The Labute approximate surface area is 126 Å². The Morgan fingerprint density at radius 1 is 1.25 bits per heavy atom. The zero-order chi connectivity index (χ0) is 14.8. The molecule has 0 aliphatic heterocycles. The maximum absolute atomic E-state index is 6.43. The summed E-state index contributed by atoms with van der Waals surface area (Å²) >= 11 is 0. The molecule has 2 nitrogen and oxygen atoms in total. The van der Waals surface area contributed by atoms with Gasteiger partial charge in [-0.05, 0) is 55.9 Å². The van der Waals surface area contributed by atoms with E-state index in [0.29, 0.717) is 23.0 Å². The molecular weight excluding hydrogens is 246 g/mol. The summed E-state index contributed by atoms with van der Waals surface area (Å²) in [6, 6.07) is 0. The van der Waals surface area contributed by atoms with Crippen LogP contribution in [0.25, 0.3) is 0 Å². The number of hydrogen-bond acceptors (Lipinski definition) is 2. The first-order valence-electron chi connectivity index (χ1n) is 8.78. The zero-order valence-electron chi connectivity index (χ0n) is 14.3. The monoisotopic (exact) mass is 281 g/mol. The van der Waals surface area contributed by atoms with Gasteiger partial charge in [0.05, 0.1) is 12.2 Å². The van der Waals surface area contributed by atoms with E-state index in [9.17, 15) is 0 Å². The van der Waals surface area contributed by atoms with Crippen molar-refractivity contribution in [3.05, 3.63) is 0 Å². The van der Waals surface area contributed by atoms with Crippen LogP contribution in [0, 0.1) is 16.7 Å². The van der Waals surface area contributed by atoms with Gasteiger partial charge in [-0.25, -0.2) is 0 Å². The van der Waals surface area contributed by atoms with Gasteiger partial charge in [-0.3, -0.25) is 0 Å². The fraction of sp³-hybridized carbons (Fsp3) is 1.00. The van der Waals surface area contributed by atoms with E-state index in [0.717, 1.165) is 19.0 Å². The van der Waals surface area contributed by atoms with Gasteiger partial charge in [0, 0.05) is 6.54 Å². The smallest absolute Gasteiger partial charge is 0.0675 e. The largest absolute Gasteiger partial charge is 0.373 e. The highest BCUT2D eigenvalue weighted by molar-refractivity contribution is 5.11. The minimum atomic E-state index is 0.341. The molecule has 2 aliphatic carbocycles. The van der Waals surface area contributed by atoms with Crippen LogP contribution in [0.2, 0.25) is 0 Å². The molecule has 0 heterocycles. The molecule has 2 saturated carbocycles. The molecule has 20 heavy (non-hydrogen) atoms. The maximum atomic E-state index is 6.43. The molecule has 2 heteroatoms. The lowest BCUT2D eigenvalue weighted by Crippen LogP contribution is -2.40. The summed E-state index contributed by atoms with van der Waals surface area (Å²) in [5.41, 5.74) is 0.861. The van der Waals surface area contributed by atoms with Gasteiger partial charge in [0.25, 0.3) is 0 Å². The van der Waals surface area contributed by atoms with Crippen LogP contribution in [0.3, 0.4) is 0 Å². The molecule has 0 radical (unpaired) electrons. The van der Waals surface area contributed by atoms with Crippen molar-refractivity contribution in [2.75, 3.05) is 13.1 Å². The van der Waals surface area contributed by atoms with Crippen molar-refractivity contribution in [1.82, 2.24) is 5.32 Å². The van der Waals surface area contributed by atoms with Crippen molar-refractivity contribution < 1.29 is 4.74 Å². The molecule has 0 aromatic carbocycles. The fourth-order valence-electron chi connectivity index (χ4n) is 4.47. The van der Waals surface area contributed by atoms with Gasteiger partial charge in [0.1, 0.15) is 0 Å². The van der Waals surface area contributed by atoms with Crippen molar-refractivity contribution in [1.29, 1.82) is 0 Å². The number of hydrogen-bond donors (Lipinski definition) is 1. The molecule has 0 amide bonds. The SMILES string of the molecule is CCCCCNCC(C)OC1CC2CCC1(C)C2(C)C. The summed E-state index contributed by atoms with van der Waals surface area (Å²) < 4.78 is 6.43. The third-order valence-corrected chi connectivity index (χ3v) is 6.50. The van der Waals surface area contributed by atoms with Crippen LogP contribution in [0.5, 0.6) is 0 Å². The third kappa shape index (κ3) is 2.92. The first kappa shape index (κ1) is 16.3. The second kappa shape index (κ2) is 6.36. The van der Waals surface area contributed by atoms with Crippen LogP contribution in [0.15, 0.2) is 0 Å². The number of fused-ring (bicyclic) bond motifs is 2. The molecule has 0 aromatic rings. The average molecular weight is 281 g/mol. The molecule has 2 aliphatic rings. The normalized spacial score (nSPS) is 36.5. The van der Waals surface area contributed by atoms with Crippen molar-refractivity contribution in [3.63, 3.8) is 0 Å². The van der Waals surface area contributed by atoms with Crippen molar-refractivity contribution in [3.8, 4) is 0 Å². The lowest BCUT2D eigenvalue weighted by atomic mass is 9.70. The minimum Gasteiger partial charge on any atom is -0.373 e. The summed E-state index contributed by atoms with van der Waals surface area (Å²) in [6.07, 6.45) is 8.78. The number of nitrogens with one attached hydrogen (secondary N) is 1. The number of ether oxygens (including phenoxy) is 1. The molecule has 4 unspecified atom stereocenters. The second-order valence-electron chi connectivity index (χ2n) is 7.96. The summed E-state index contributed by atoms with van der Waals surface area (Å²) in [7, 11) is 0. The van der Waals surface area contributed by atoms with Crippen LogP contribution in [0.4, 0.5) is 0 Å². The molecule has 1 N–H and O–H groups in total. The topological polar surface area (TPSA) is 21.3 Å². The molecule has 2 bridgehead atoms. The Balaban J connectivity index is 1.74. The van der Waals surface area contributed by atoms with E-state index in [1.807, 2.05) is 0 Å². The predicted octanol–water partition coefficient (Wildman–Crippen LogP) is 4.39. The Morgan fingerprint density at radius 3 is 2.55 bits per heavy atom. The fourth-order valence-corrected chi connectivity index (χ4v) is 4.47. The standard InChI is InChI=1S/C18H35NO/c1-6-7-8-11-19-13-14(2)20-16-12-15-9-10-18(16,5)17(15,3)4/h14-16,19H,6-13H2,1-5H3. The van der Waals surface area contributed by atoms with Crippen molar-refractivity contribution in [2.45, 2.75) is 85.4 Å². The first-order chi connectivity index (χ1) is 9.41. The van der Waals surface area contributed by atoms with Crippen LogP contribution < -0.4 is 5.32 Å². The van der Waals surface area contributed by atoms with Gasteiger partial charge in [-0.15, -0.1) is 0 Å². The van der Waals surface area contributed by atoms with E-state index in [1.165, 1.54) is 38.5 Å². The summed E-state index contributed by atoms with van der Waals surface area (Å²) in [5.74, 6) is 0.877. The van der Waals surface area contributed by atoms with Gasteiger partial charge < -0.3 is 10.1 Å². The van der Waals surface area contributed by atoms with Crippen molar-refractivity contribution >= 4 is 0 Å². The summed E-state index contributed by atoms with van der Waals surface area (Å²) in [4.78, 5) is 0. The quantitative estimate of drug-likeness (QED) is 0.666. The van der Waals surface area contributed by atoms with E-state index < -0.39 is 0 Å². The van der Waals surface area contributed by atoms with E-state index in [4.69, 9.17) is 4.74 Å². The maximum Gasteiger partial charge on any atom is 0.0675 e. The van der Waals surface area contributed by atoms with E-state index in [-0.39, 0.29) is 0 Å². The van der Waals surface area contributed by atoms with Gasteiger partial charge in [-0.1, -0.05) is 40.5 Å². The van der Waals surface area contributed by atoms with E-state index >= 15 is 0 Å². The molecule has 0 spiro atoms. The Kier molecular flexibility index (Phi) is 5.18. The molecule has 118 valence electrons. The zero-order valence-corrected chi connectivity index (χ0v) is 14.3. The van der Waals surface area contributed by atoms with E-state index in [2.05, 4.69) is 39.9 Å². The Morgan fingerprint density at radius 2 is 2.00 bits per heavy atom. The minimum absolute atomic E-state index is 0.341. The van der Waals surface area contributed by atoms with Crippen molar-refractivity contribution in [2.24, 2.45) is 16.7 Å². The van der Waals surface area contributed by atoms with Gasteiger partial charge in [-0.2, -0.15) is 0 Å². The molecule has 4 atom stereocenters. The van der Waals surface area contributed by atoms with Gasteiger partial charge in [0.2, 0.25) is 0 Å². The number of unbranched alkanes of at least 4 members (excludes halogenated alkanes) is 2. The molecule has 2 fully saturated rings. The third-order valence-electron chi connectivity index (χ3n) is 6.50. The lowest BCUT2D eigenvalue weighted by Gasteiger charge is -2.40. The van der Waals surface area contributed by atoms with Crippen LogP contribution in [-0.4, -0.2) is 25.3 Å².